The first-order valence-electron chi connectivity index (χ1n) is 5.94. The van der Waals surface area contributed by atoms with Crippen molar-refractivity contribution in [3.63, 3.8) is 0 Å². The Hall–Kier alpha value is -0.820. The van der Waals surface area contributed by atoms with Gasteiger partial charge in [-0.1, -0.05) is 31.2 Å². The largest absolute Gasteiger partial charge is 0.336 e. The van der Waals surface area contributed by atoms with E-state index in [1.54, 1.807) is 5.56 Å². The van der Waals surface area contributed by atoms with Crippen LogP contribution in [0.5, 0.6) is 0 Å². The molecule has 0 radical (unpaired) electrons. The van der Waals surface area contributed by atoms with E-state index in [-0.39, 0.29) is 0 Å². The molecule has 2 N–H and O–H groups in total. The molecule has 0 fully saturated rings. The lowest BCUT2D eigenvalue weighted by atomic mass is 9.87. The normalized spacial score (nSPS) is 29.3. The Kier molecular flexibility index (Phi) is 2.59. The number of quaternary nitrogens is 1. The second kappa shape index (κ2) is 3.64. The molecule has 15 heavy (non-hydrogen) atoms. The van der Waals surface area contributed by atoms with Gasteiger partial charge in [-0.05, 0) is 32.3 Å². The highest BCUT2D eigenvalue weighted by atomic mass is 15.0. The molecule has 0 saturated heterocycles. The topological polar surface area (TPSA) is 16.6 Å². The Bertz CT molecular complexity index is 321. The van der Waals surface area contributed by atoms with E-state index in [0.717, 1.165) is 0 Å². The monoisotopic (exact) mass is 204 g/mol. The number of fused-ring (bicyclic) bond motifs is 1. The van der Waals surface area contributed by atoms with E-state index >= 15 is 0 Å². The summed E-state index contributed by atoms with van der Waals surface area (Å²) in [5, 5.41) is 2.51. The van der Waals surface area contributed by atoms with Crippen molar-refractivity contribution < 1.29 is 5.32 Å². The van der Waals surface area contributed by atoms with E-state index < -0.39 is 0 Å². The number of hydrogen-bond acceptors (Lipinski definition) is 0. The Morgan fingerprint density at radius 1 is 1.13 bits per heavy atom. The first kappa shape index (κ1) is 10.7. The van der Waals surface area contributed by atoms with E-state index in [1.807, 2.05) is 0 Å². The molecule has 2 atom stereocenters. The summed E-state index contributed by atoms with van der Waals surface area (Å²) in [5.74, 6) is 0.678. The zero-order chi connectivity index (χ0) is 11.1. The Balaban J connectivity index is 2.45. The molecule has 1 heterocycles. The molecule has 2 rings (SSSR count). The fraction of sp³-hybridized carbons (Fsp3) is 0.571. The fourth-order valence-corrected chi connectivity index (χ4v) is 3.11. The standard InChI is InChI=1S/C14H21N/c1-10-9-14(3,4)15-11(2)13-8-6-5-7-12(10)13/h5-8,10-11,15H,9H2,1-4H3/p+1/t10-,11+/m0/s1. The van der Waals surface area contributed by atoms with Crippen molar-refractivity contribution in [2.75, 3.05) is 0 Å². The van der Waals surface area contributed by atoms with Crippen LogP contribution in [0.15, 0.2) is 24.3 Å². The third kappa shape index (κ3) is 2.07. The van der Waals surface area contributed by atoms with Crippen molar-refractivity contribution in [1.29, 1.82) is 0 Å². The van der Waals surface area contributed by atoms with Gasteiger partial charge in [0.1, 0.15) is 6.04 Å². The van der Waals surface area contributed by atoms with Crippen LogP contribution < -0.4 is 5.32 Å². The third-order valence-electron chi connectivity index (χ3n) is 3.55. The minimum Gasteiger partial charge on any atom is -0.336 e. The van der Waals surface area contributed by atoms with Crippen molar-refractivity contribution in [3.05, 3.63) is 35.4 Å². The van der Waals surface area contributed by atoms with Crippen molar-refractivity contribution in [1.82, 2.24) is 0 Å². The number of nitrogens with two attached hydrogens (primary N) is 1. The van der Waals surface area contributed by atoms with Gasteiger partial charge in [0.15, 0.2) is 0 Å². The zero-order valence-corrected chi connectivity index (χ0v) is 10.2. The fourth-order valence-electron chi connectivity index (χ4n) is 3.11. The highest BCUT2D eigenvalue weighted by Crippen LogP contribution is 2.31. The van der Waals surface area contributed by atoms with Crippen LogP contribution in [0.25, 0.3) is 0 Å². The van der Waals surface area contributed by atoms with Crippen LogP contribution in [0, 0.1) is 0 Å². The van der Waals surface area contributed by atoms with Crippen LogP contribution in [0.2, 0.25) is 0 Å². The average Bonchev–Trinajstić information content (AvgIpc) is 2.23. The molecule has 0 aromatic heterocycles. The summed E-state index contributed by atoms with van der Waals surface area (Å²) < 4.78 is 0. The van der Waals surface area contributed by atoms with Gasteiger partial charge in [0.25, 0.3) is 0 Å². The molecule has 0 spiro atoms. The van der Waals surface area contributed by atoms with Gasteiger partial charge in [0.05, 0.1) is 5.54 Å². The van der Waals surface area contributed by atoms with Crippen molar-refractivity contribution >= 4 is 0 Å². The van der Waals surface area contributed by atoms with Gasteiger partial charge >= 0.3 is 0 Å². The molecule has 0 amide bonds. The predicted octanol–water partition coefficient (Wildman–Crippen LogP) is 2.60. The Labute approximate surface area is 92.9 Å². The van der Waals surface area contributed by atoms with Gasteiger partial charge in [0.2, 0.25) is 0 Å². The average molecular weight is 204 g/mol. The summed E-state index contributed by atoms with van der Waals surface area (Å²) >= 11 is 0. The summed E-state index contributed by atoms with van der Waals surface area (Å²) in [7, 11) is 0. The van der Waals surface area contributed by atoms with Crippen LogP contribution in [0.3, 0.4) is 0 Å². The minimum absolute atomic E-state index is 0.359. The van der Waals surface area contributed by atoms with Gasteiger partial charge < -0.3 is 5.32 Å². The summed E-state index contributed by atoms with van der Waals surface area (Å²) in [6, 6.07) is 9.50. The maximum atomic E-state index is 2.51. The molecule has 1 aliphatic heterocycles. The van der Waals surface area contributed by atoms with Crippen LogP contribution in [-0.2, 0) is 0 Å². The van der Waals surface area contributed by atoms with E-state index in [2.05, 4.69) is 57.3 Å². The van der Waals surface area contributed by atoms with Crippen LogP contribution in [0.1, 0.15) is 57.2 Å². The van der Waals surface area contributed by atoms with Crippen LogP contribution in [-0.4, -0.2) is 5.54 Å². The van der Waals surface area contributed by atoms with Crippen molar-refractivity contribution in [2.24, 2.45) is 0 Å². The SMILES string of the molecule is C[C@H]1CC(C)(C)[NH2+][C@H](C)c2ccccc21. The Morgan fingerprint density at radius 2 is 1.73 bits per heavy atom. The molecule has 0 aliphatic carbocycles. The summed E-state index contributed by atoms with van der Waals surface area (Å²) in [4.78, 5) is 0. The van der Waals surface area contributed by atoms with Gasteiger partial charge in [-0.25, -0.2) is 0 Å². The van der Waals surface area contributed by atoms with Gasteiger partial charge in [-0.2, -0.15) is 0 Å². The molecule has 1 aromatic carbocycles. The maximum Gasteiger partial charge on any atom is 0.109 e. The minimum atomic E-state index is 0.359. The molecule has 0 bridgehead atoms. The maximum absolute atomic E-state index is 2.51. The molecule has 1 nitrogen and oxygen atoms in total. The van der Waals surface area contributed by atoms with Crippen molar-refractivity contribution in [3.8, 4) is 0 Å². The molecule has 0 unspecified atom stereocenters. The molecule has 82 valence electrons. The lowest BCUT2D eigenvalue weighted by Gasteiger charge is -2.24. The number of hydrogen-bond donors (Lipinski definition) is 1. The molecule has 1 aliphatic rings. The van der Waals surface area contributed by atoms with Crippen LogP contribution in [0.4, 0.5) is 0 Å². The van der Waals surface area contributed by atoms with Gasteiger partial charge in [-0.3, -0.25) is 0 Å². The highest BCUT2D eigenvalue weighted by molar-refractivity contribution is 5.32. The van der Waals surface area contributed by atoms with Gasteiger partial charge in [0, 0.05) is 12.0 Å². The van der Waals surface area contributed by atoms with E-state index in [1.165, 1.54) is 12.0 Å². The third-order valence-corrected chi connectivity index (χ3v) is 3.55. The second-order valence-electron chi connectivity index (χ2n) is 5.68. The first-order chi connectivity index (χ1) is 6.99. The van der Waals surface area contributed by atoms with Crippen LogP contribution >= 0.6 is 0 Å². The summed E-state index contributed by atoms with van der Waals surface area (Å²) in [5.41, 5.74) is 3.43. The molecule has 0 saturated carbocycles. The lowest BCUT2D eigenvalue weighted by Crippen LogP contribution is -2.95. The number of rotatable bonds is 0. The summed E-state index contributed by atoms with van der Waals surface area (Å²) in [6.07, 6.45) is 1.26. The quantitative estimate of drug-likeness (QED) is 0.669. The van der Waals surface area contributed by atoms with E-state index in [4.69, 9.17) is 0 Å². The molecular formula is C14H22N+. The predicted molar refractivity (Wildman–Crippen MR) is 63.9 cm³/mol. The Morgan fingerprint density at radius 3 is 2.40 bits per heavy atom. The second-order valence-corrected chi connectivity index (χ2v) is 5.68. The molecule has 1 aromatic rings. The van der Waals surface area contributed by atoms with E-state index in [0.29, 0.717) is 17.5 Å². The smallest absolute Gasteiger partial charge is 0.109 e. The highest BCUT2D eigenvalue weighted by Gasteiger charge is 2.33. The van der Waals surface area contributed by atoms with Crippen molar-refractivity contribution in [2.45, 2.75) is 51.6 Å². The first-order valence-corrected chi connectivity index (χ1v) is 5.94. The molecule has 1 heteroatoms. The zero-order valence-electron chi connectivity index (χ0n) is 10.2. The number of benzene rings is 1. The molecular weight excluding hydrogens is 182 g/mol. The van der Waals surface area contributed by atoms with E-state index in [9.17, 15) is 0 Å². The van der Waals surface area contributed by atoms with Gasteiger partial charge in [-0.15, -0.1) is 0 Å². The lowest BCUT2D eigenvalue weighted by molar-refractivity contribution is -0.754. The summed E-state index contributed by atoms with van der Waals surface area (Å²) in [6.45, 7) is 9.38.